The van der Waals surface area contributed by atoms with Gasteiger partial charge in [-0.25, -0.2) is 4.39 Å². The second-order valence-electron chi connectivity index (χ2n) is 1.73. The molecule has 0 atom stereocenters. The van der Waals surface area contributed by atoms with E-state index in [1.165, 1.54) is 6.20 Å². The number of hydroxylamine groups is 1. The van der Waals surface area contributed by atoms with Gasteiger partial charge in [-0.15, -0.1) is 0 Å². The van der Waals surface area contributed by atoms with Gasteiger partial charge in [0.1, 0.15) is 0 Å². The zero-order valence-corrected chi connectivity index (χ0v) is 6.34. The van der Waals surface area contributed by atoms with Crippen molar-refractivity contribution in [2.45, 2.75) is 13.3 Å². The molecule has 0 aromatic carbocycles. The van der Waals surface area contributed by atoms with Gasteiger partial charge in [0.2, 0.25) is 0 Å². The molecule has 0 saturated carbocycles. The smallest absolute Gasteiger partial charge is 0.162 e. The fourth-order valence-electron chi connectivity index (χ4n) is 0.572. The molecule has 0 aliphatic carbocycles. The van der Waals surface area contributed by atoms with Crippen molar-refractivity contribution in [3.05, 3.63) is 24.8 Å². The molecule has 4 heteroatoms. The standard InChI is InChI=1S/C7H11FN2O/c1-3-7(9-4-2)6(8)5-10-11/h4-5,10-11H,2-3H2,1H3. The first-order valence-corrected chi connectivity index (χ1v) is 3.19. The molecule has 2 N–H and O–H groups in total. The predicted octanol–water partition coefficient (Wildman–Crippen LogP) is 1.77. The Labute approximate surface area is 64.9 Å². The molecular formula is C7H11FN2O. The molecule has 0 spiro atoms. The second-order valence-corrected chi connectivity index (χ2v) is 1.73. The summed E-state index contributed by atoms with van der Waals surface area (Å²) in [4.78, 5) is 3.65. The minimum absolute atomic E-state index is 0.251. The molecule has 0 aromatic heterocycles. The summed E-state index contributed by atoms with van der Waals surface area (Å²) in [5, 5.41) is 8.10. The van der Waals surface area contributed by atoms with E-state index in [0.717, 1.165) is 6.20 Å². The van der Waals surface area contributed by atoms with Gasteiger partial charge in [0.25, 0.3) is 0 Å². The largest absolute Gasteiger partial charge is 0.292 e. The molecule has 0 bridgehead atoms. The van der Waals surface area contributed by atoms with E-state index in [1.54, 1.807) is 12.4 Å². The molecule has 3 nitrogen and oxygen atoms in total. The van der Waals surface area contributed by atoms with Gasteiger partial charge >= 0.3 is 0 Å². The summed E-state index contributed by atoms with van der Waals surface area (Å²) >= 11 is 0. The van der Waals surface area contributed by atoms with Crippen LogP contribution in [0.5, 0.6) is 0 Å². The van der Waals surface area contributed by atoms with Crippen LogP contribution in [0.4, 0.5) is 4.39 Å². The Bertz CT molecular complexity index is 187. The minimum atomic E-state index is -0.588. The molecule has 0 rings (SSSR count). The summed E-state index contributed by atoms with van der Waals surface area (Å²) in [5.74, 6) is -0.588. The summed E-state index contributed by atoms with van der Waals surface area (Å²) in [6.07, 6.45) is 2.53. The van der Waals surface area contributed by atoms with Crippen LogP contribution in [-0.4, -0.2) is 10.9 Å². The van der Waals surface area contributed by atoms with E-state index >= 15 is 0 Å². The number of hydrogen-bond donors (Lipinski definition) is 2. The Morgan fingerprint density at radius 1 is 1.82 bits per heavy atom. The number of allylic oxidation sites excluding steroid dienone is 1. The number of nitrogens with zero attached hydrogens (tertiary/aromatic N) is 1. The van der Waals surface area contributed by atoms with Crippen LogP contribution in [0.25, 0.3) is 0 Å². The van der Waals surface area contributed by atoms with E-state index in [0.29, 0.717) is 6.42 Å². The van der Waals surface area contributed by atoms with Crippen LogP contribution in [0.1, 0.15) is 13.3 Å². The summed E-state index contributed by atoms with van der Waals surface area (Å²) in [5.41, 5.74) is 1.84. The highest BCUT2D eigenvalue weighted by molar-refractivity contribution is 5.98. The maximum Gasteiger partial charge on any atom is 0.162 e. The highest BCUT2D eigenvalue weighted by atomic mass is 19.1. The van der Waals surface area contributed by atoms with Crippen molar-refractivity contribution >= 4 is 5.71 Å². The van der Waals surface area contributed by atoms with Gasteiger partial charge in [-0.05, 0) is 6.42 Å². The molecule has 0 unspecified atom stereocenters. The van der Waals surface area contributed by atoms with E-state index in [1.807, 2.05) is 0 Å². The molecule has 62 valence electrons. The van der Waals surface area contributed by atoms with Crippen molar-refractivity contribution in [3.8, 4) is 0 Å². The van der Waals surface area contributed by atoms with Crippen LogP contribution in [-0.2, 0) is 0 Å². The predicted molar refractivity (Wildman–Crippen MR) is 42.0 cm³/mol. The topological polar surface area (TPSA) is 44.6 Å². The van der Waals surface area contributed by atoms with Crippen LogP contribution in [0, 0.1) is 0 Å². The third-order valence-corrected chi connectivity index (χ3v) is 1.05. The lowest BCUT2D eigenvalue weighted by atomic mass is 10.2. The number of nitrogens with one attached hydrogen (secondary N) is 1. The maximum absolute atomic E-state index is 12.7. The summed E-state index contributed by atoms with van der Waals surface area (Å²) in [6.45, 7) is 5.08. The van der Waals surface area contributed by atoms with Crippen molar-refractivity contribution in [2.75, 3.05) is 0 Å². The van der Waals surface area contributed by atoms with Gasteiger partial charge in [-0.2, -0.15) is 0 Å². The molecule has 0 fully saturated rings. The first kappa shape index (κ1) is 9.84. The minimum Gasteiger partial charge on any atom is -0.292 e. The first-order valence-electron chi connectivity index (χ1n) is 3.19. The molecule has 11 heavy (non-hydrogen) atoms. The second kappa shape index (κ2) is 5.61. The van der Waals surface area contributed by atoms with Crippen LogP contribution >= 0.6 is 0 Å². The van der Waals surface area contributed by atoms with E-state index in [9.17, 15) is 4.39 Å². The zero-order valence-electron chi connectivity index (χ0n) is 6.34. The van der Waals surface area contributed by atoms with Crippen LogP contribution in [0.15, 0.2) is 29.8 Å². The molecule has 0 aliphatic heterocycles. The molecule has 0 saturated heterocycles. The third kappa shape index (κ3) is 3.52. The van der Waals surface area contributed by atoms with Gasteiger partial charge in [0, 0.05) is 6.20 Å². The average molecular weight is 158 g/mol. The highest BCUT2D eigenvalue weighted by Gasteiger charge is 2.01. The van der Waals surface area contributed by atoms with E-state index in [-0.39, 0.29) is 5.71 Å². The molecule has 0 radical (unpaired) electrons. The summed E-state index contributed by atoms with van der Waals surface area (Å²) < 4.78 is 12.7. The van der Waals surface area contributed by atoms with E-state index in [4.69, 9.17) is 5.21 Å². The Morgan fingerprint density at radius 3 is 2.82 bits per heavy atom. The van der Waals surface area contributed by atoms with Gasteiger partial charge in [0.15, 0.2) is 5.83 Å². The third-order valence-electron chi connectivity index (χ3n) is 1.05. The molecule has 0 amide bonds. The lowest BCUT2D eigenvalue weighted by molar-refractivity contribution is 0.212. The van der Waals surface area contributed by atoms with Gasteiger partial charge in [-0.1, -0.05) is 13.5 Å². The van der Waals surface area contributed by atoms with Crippen molar-refractivity contribution < 1.29 is 9.60 Å². The average Bonchev–Trinajstić information content (AvgIpc) is 2.00. The van der Waals surface area contributed by atoms with Crippen LogP contribution in [0.3, 0.4) is 0 Å². The number of rotatable bonds is 4. The van der Waals surface area contributed by atoms with Crippen molar-refractivity contribution in [2.24, 2.45) is 4.99 Å². The zero-order chi connectivity index (χ0) is 8.69. The monoisotopic (exact) mass is 158 g/mol. The fraction of sp³-hybridized carbons (Fsp3) is 0.286. The van der Waals surface area contributed by atoms with Gasteiger partial charge in [-0.3, -0.25) is 15.7 Å². The first-order chi connectivity index (χ1) is 5.26. The van der Waals surface area contributed by atoms with Crippen molar-refractivity contribution in [3.63, 3.8) is 0 Å². The molecule has 0 aliphatic rings. The molecule has 0 aromatic rings. The Kier molecular flexibility index (Phi) is 5.02. The molecular weight excluding hydrogens is 147 g/mol. The lowest BCUT2D eigenvalue weighted by Gasteiger charge is -1.96. The van der Waals surface area contributed by atoms with Gasteiger partial charge in [0.05, 0.1) is 11.9 Å². The normalized spacial score (nSPS) is 13.0. The van der Waals surface area contributed by atoms with Crippen LogP contribution in [0.2, 0.25) is 0 Å². The number of halogens is 1. The fourth-order valence-corrected chi connectivity index (χ4v) is 0.572. The van der Waals surface area contributed by atoms with Crippen molar-refractivity contribution in [1.82, 2.24) is 5.48 Å². The van der Waals surface area contributed by atoms with Crippen LogP contribution < -0.4 is 5.48 Å². The Balaban J connectivity index is 4.37. The lowest BCUT2D eigenvalue weighted by Crippen LogP contribution is -2.02. The van der Waals surface area contributed by atoms with Gasteiger partial charge < -0.3 is 0 Å². The summed E-state index contributed by atoms with van der Waals surface area (Å²) in [7, 11) is 0. The van der Waals surface area contributed by atoms with E-state index in [2.05, 4.69) is 11.6 Å². The molecule has 0 heterocycles. The summed E-state index contributed by atoms with van der Waals surface area (Å²) in [6, 6.07) is 0. The Morgan fingerprint density at radius 2 is 2.45 bits per heavy atom. The van der Waals surface area contributed by atoms with E-state index < -0.39 is 5.83 Å². The maximum atomic E-state index is 12.7. The Hall–Kier alpha value is -1.16. The number of hydrogen-bond acceptors (Lipinski definition) is 3. The SMILES string of the molecule is C=CN=C(CC)C(F)=CNO. The van der Waals surface area contributed by atoms with Crippen molar-refractivity contribution in [1.29, 1.82) is 0 Å². The highest BCUT2D eigenvalue weighted by Crippen LogP contribution is 2.02. The quantitative estimate of drug-likeness (QED) is 0.483. The number of aliphatic imine (C=N–C) groups is 1.